The number of amides is 1. The molecule has 2 aromatic rings. The average molecular weight is 352 g/mol. The molecule has 0 aliphatic carbocycles. The van der Waals surface area contributed by atoms with Crippen molar-refractivity contribution in [3.05, 3.63) is 41.6 Å². The van der Waals surface area contributed by atoms with E-state index in [-0.39, 0.29) is 11.6 Å². The number of nitrogens with zero attached hydrogens (tertiary/aromatic N) is 4. The number of furan rings is 1. The largest absolute Gasteiger partial charge is 0.468 e. The van der Waals surface area contributed by atoms with Crippen molar-refractivity contribution < 1.29 is 18.0 Å². The second-order valence-corrected chi connectivity index (χ2v) is 6.31. The Labute approximate surface area is 145 Å². The summed E-state index contributed by atoms with van der Waals surface area (Å²) in [6.45, 7) is 6.81. The lowest BCUT2D eigenvalue weighted by Crippen LogP contribution is -2.50. The van der Waals surface area contributed by atoms with Gasteiger partial charge in [0.05, 0.1) is 12.8 Å². The van der Waals surface area contributed by atoms with Gasteiger partial charge in [-0.05, 0) is 32.0 Å². The molecule has 0 bridgehead atoms. The monoisotopic (exact) mass is 352 g/mol. The molecule has 3 rings (SSSR count). The minimum absolute atomic E-state index is 0.0929. The Balaban J connectivity index is 1.58. The van der Waals surface area contributed by atoms with Gasteiger partial charge in [-0.2, -0.15) is 5.10 Å². The van der Waals surface area contributed by atoms with Crippen LogP contribution in [-0.2, 0) is 11.3 Å². The van der Waals surface area contributed by atoms with Gasteiger partial charge >= 0.3 is 0 Å². The fourth-order valence-electron chi connectivity index (χ4n) is 3.13. The van der Waals surface area contributed by atoms with Gasteiger partial charge in [-0.25, -0.2) is 8.78 Å². The van der Waals surface area contributed by atoms with E-state index in [1.165, 1.54) is 10.7 Å². The minimum Gasteiger partial charge on any atom is -0.468 e. The quantitative estimate of drug-likeness (QED) is 0.830. The number of rotatable bonds is 5. The van der Waals surface area contributed by atoms with Gasteiger partial charge in [-0.3, -0.25) is 14.4 Å². The summed E-state index contributed by atoms with van der Waals surface area (Å²) < 4.78 is 32.3. The molecule has 1 atom stereocenters. The third kappa shape index (κ3) is 3.89. The van der Waals surface area contributed by atoms with E-state index in [1.807, 2.05) is 12.1 Å². The van der Waals surface area contributed by atoms with Gasteiger partial charge in [0.25, 0.3) is 6.43 Å². The van der Waals surface area contributed by atoms with E-state index < -0.39 is 12.5 Å². The SMILES string of the molecule is Cc1cc(C(F)F)nn1C(C)C(=O)N1CCN(Cc2ccco2)CC1. The molecule has 1 fully saturated rings. The topological polar surface area (TPSA) is 54.5 Å². The van der Waals surface area contributed by atoms with E-state index >= 15 is 0 Å². The van der Waals surface area contributed by atoms with E-state index in [9.17, 15) is 13.6 Å². The van der Waals surface area contributed by atoms with Crippen LogP contribution < -0.4 is 0 Å². The number of aryl methyl sites for hydroxylation is 1. The van der Waals surface area contributed by atoms with Crippen LogP contribution >= 0.6 is 0 Å². The fourth-order valence-corrected chi connectivity index (χ4v) is 3.13. The van der Waals surface area contributed by atoms with Crippen LogP contribution in [0.4, 0.5) is 8.78 Å². The molecule has 1 saturated heterocycles. The smallest absolute Gasteiger partial charge is 0.282 e. The molecule has 0 saturated carbocycles. The molecule has 0 N–H and O–H groups in total. The van der Waals surface area contributed by atoms with Crippen LogP contribution in [0.25, 0.3) is 0 Å². The van der Waals surface area contributed by atoms with Crippen molar-refractivity contribution >= 4 is 5.91 Å². The molecule has 1 amide bonds. The standard InChI is InChI=1S/C17H22F2N4O2/c1-12-10-15(16(18)19)20-23(12)13(2)17(24)22-7-5-21(6-8-22)11-14-4-3-9-25-14/h3-4,9-10,13,16H,5-8,11H2,1-2H3. The van der Waals surface area contributed by atoms with Crippen molar-refractivity contribution in [2.45, 2.75) is 32.9 Å². The molecule has 1 aliphatic heterocycles. The number of hydrogen-bond acceptors (Lipinski definition) is 4. The van der Waals surface area contributed by atoms with Crippen LogP contribution in [0.1, 0.15) is 36.5 Å². The maximum Gasteiger partial charge on any atom is 0.282 e. The normalized spacial score (nSPS) is 17.2. The van der Waals surface area contributed by atoms with Crippen LogP contribution in [-0.4, -0.2) is 51.7 Å². The van der Waals surface area contributed by atoms with Crippen LogP contribution in [0.15, 0.2) is 28.9 Å². The molecule has 1 aliphatic rings. The van der Waals surface area contributed by atoms with Crippen LogP contribution in [0.3, 0.4) is 0 Å². The van der Waals surface area contributed by atoms with Gasteiger partial charge in [-0.1, -0.05) is 0 Å². The zero-order chi connectivity index (χ0) is 18.0. The highest BCUT2D eigenvalue weighted by atomic mass is 19.3. The van der Waals surface area contributed by atoms with E-state index in [0.29, 0.717) is 18.8 Å². The number of piperazine rings is 1. The lowest BCUT2D eigenvalue weighted by atomic mass is 10.2. The Kier molecular flexibility index (Phi) is 5.17. The highest BCUT2D eigenvalue weighted by molar-refractivity contribution is 5.80. The maximum absolute atomic E-state index is 12.8. The minimum atomic E-state index is -2.63. The molecular weight excluding hydrogens is 330 g/mol. The van der Waals surface area contributed by atoms with Crippen LogP contribution in [0, 0.1) is 6.92 Å². The molecule has 6 nitrogen and oxygen atoms in total. The number of halogens is 2. The molecule has 2 aromatic heterocycles. The van der Waals surface area contributed by atoms with Gasteiger partial charge in [0.2, 0.25) is 5.91 Å². The molecule has 3 heterocycles. The summed E-state index contributed by atoms with van der Waals surface area (Å²) in [5.41, 5.74) is 0.271. The predicted octanol–water partition coefficient (Wildman–Crippen LogP) is 2.63. The van der Waals surface area contributed by atoms with Gasteiger partial charge in [0.1, 0.15) is 17.5 Å². The zero-order valence-corrected chi connectivity index (χ0v) is 14.4. The molecular formula is C17H22F2N4O2. The van der Waals surface area contributed by atoms with Crippen molar-refractivity contribution in [3.63, 3.8) is 0 Å². The maximum atomic E-state index is 12.8. The van der Waals surface area contributed by atoms with Gasteiger partial charge in [-0.15, -0.1) is 0 Å². The van der Waals surface area contributed by atoms with Crippen LogP contribution in [0.2, 0.25) is 0 Å². The van der Waals surface area contributed by atoms with E-state index in [0.717, 1.165) is 25.4 Å². The highest BCUT2D eigenvalue weighted by Gasteiger charge is 2.28. The van der Waals surface area contributed by atoms with Gasteiger partial charge in [0.15, 0.2) is 0 Å². The second-order valence-electron chi connectivity index (χ2n) is 6.31. The lowest BCUT2D eigenvalue weighted by molar-refractivity contribution is -0.136. The van der Waals surface area contributed by atoms with Crippen molar-refractivity contribution in [2.75, 3.05) is 26.2 Å². The zero-order valence-electron chi connectivity index (χ0n) is 14.4. The molecule has 0 radical (unpaired) electrons. The predicted molar refractivity (Wildman–Crippen MR) is 87.2 cm³/mol. The Morgan fingerprint density at radius 3 is 2.60 bits per heavy atom. The van der Waals surface area contributed by atoms with Gasteiger partial charge in [0, 0.05) is 31.9 Å². The van der Waals surface area contributed by atoms with Crippen molar-refractivity contribution in [3.8, 4) is 0 Å². The summed E-state index contributed by atoms with van der Waals surface area (Å²) in [5, 5.41) is 3.89. The molecule has 8 heteroatoms. The number of hydrogen-bond donors (Lipinski definition) is 0. The fraction of sp³-hybridized carbons (Fsp3) is 0.529. The Hall–Kier alpha value is -2.22. The van der Waals surface area contributed by atoms with Crippen molar-refractivity contribution in [1.29, 1.82) is 0 Å². The van der Waals surface area contributed by atoms with E-state index in [4.69, 9.17) is 4.42 Å². The van der Waals surface area contributed by atoms with Crippen molar-refractivity contribution in [1.82, 2.24) is 19.6 Å². The molecule has 25 heavy (non-hydrogen) atoms. The average Bonchev–Trinajstić information content (AvgIpc) is 3.24. The van der Waals surface area contributed by atoms with E-state index in [1.54, 1.807) is 25.0 Å². The first kappa shape index (κ1) is 17.6. The summed E-state index contributed by atoms with van der Waals surface area (Å²) >= 11 is 0. The summed E-state index contributed by atoms with van der Waals surface area (Å²) in [6.07, 6.45) is -0.982. The summed E-state index contributed by atoms with van der Waals surface area (Å²) in [7, 11) is 0. The van der Waals surface area contributed by atoms with Gasteiger partial charge < -0.3 is 9.32 Å². The number of alkyl halides is 2. The first-order valence-electron chi connectivity index (χ1n) is 8.33. The number of carbonyl (C=O) groups excluding carboxylic acids is 1. The van der Waals surface area contributed by atoms with E-state index in [2.05, 4.69) is 10.00 Å². The molecule has 136 valence electrons. The van der Waals surface area contributed by atoms with Crippen LogP contribution in [0.5, 0.6) is 0 Å². The summed E-state index contributed by atoms with van der Waals surface area (Å²) in [5.74, 6) is 0.810. The third-order valence-electron chi connectivity index (χ3n) is 4.53. The summed E-state index contributed by atoms with van der Waals surface area (Å²) in [4.78, 5) is 16.7. The first-order valence-corrected chi connectivity index (χ1v) is 8.33. The molecule has 0 aromatic carbocycles. The Bertz CT molecular complexity index is 706. The third-order valence-corrected chi connectivity index (χ3v) is 4.53. The summed E-state index contributed by atoms with van der Waals surface area (Å²) in [6, 6.07) is 4.52. The molecule has 0 spiro atoms. The lowest BCUT2D eigenvalue weighted by Gasteiger charge is -2.35. The second kappa shape index (κ2) is 7.35. The number of aromatic nitrogens is 2. The van der Waals surface area contributed by atoms with Crippen molar-refractivity contribution in [2.24, 2.45) is 0 Å². The molecule has 1 unspecified atom stereocenters. The Morgan fingerprint density at radius 1 is 1.32 bits per heavy atom. The number of carbonyl (C=O) groups is 1. The Morgan fingerprint density at radius 2 is 2.04 bits per heavy atom. The first-order chi connectivity index (χ1) is 12.0. The highest BCUT2D eigenvalue weighted by Crippen LogP contribution is 2.21.